The van der Waals surface area contributed by atoms with Crippen molar-refractivity contribution < 1.29 is 9.53 Å². The molecule has 1 aromatic rings. The van der Waals surface area contributed by atoms with E-state index in [-0.39, 0.29) is 5.91 Å². The standard InChI is InChI=1S/C11H20N6O2/c1-19-9-3-10-13-14-15-17(10)6-2-11(18)16-7-4-12-5-8-16/h12H,2-9H2,1H3. The molecular weight excluding hydrogens is 248 g/mol. The third kappa shape index (κ3) is 3.97. The van der Waals surface area contributed by atoms with Crippen molar-refractivity contribution in [2.24, 2.45) is 0 Å². The average Bonchev–Trinajstić information content (AvgIpc) is 2.91. The van der Waals surface area contributed by atoms with E-state index in [9.17, 15) is 4.79 Å². The van der Waals surface area contributed by atoms with E-state index in [1.807, 2.05) is 4.90 Å². The predicted molar refractivity (Wildman–Crippen MR) is 67.5 cm³/mol. The maximum Gasteiger partial charge on any atom is 0.224 e. The van der Waals surface area contributed by atoms with Gasteiger partial charge in [0, 0.05) is 46.1 Å². The van der Waals surface area contributed by atoms with Gasteiger partial charge >= 0.3 is 0 Å². The minimum atomic E-state index is 0.162. The Morgan fingerprint density at radius 2 is 2.21 bits per heavy atom. The Morgan fingerprint density at radius 1 is 1.42 bits per heavy atom. The van der Waals surface area contributed by atoms with E-state index in [2.05, 4.69) is 20.8 Å². The number of methoxy groups -OCH3 is 1. The van der Waals surface area contributed by atoms with E-state index in [1.54, 1.807) is 11.8 Å². The number of carbonyl (C=O) groups is 1. The van der Waals surface area contributed by atoms with Crippen molar-refractivity contribution in [3.8, 4) is 0 Å². The number of aromatic nitrogens is 4. The van der Waals surface area contributed by atoms with Crippen molar-refractivity contribution in [2.45, 2.75) is 19.4 Å². The maximum atomic E-state index is 12.0. The van der Waals surface area contributed by atoms with Crippen LogP contribution in [0.2, 0.25) is 0 Å². The Hall–Kier alpha value is -1.54. The second-order valence-corrected chi connectivity index (χ2v) is 4.44. The van der Waals surface area contributed by atoms with Crippen LogP contribution >= 0.6 is 0 Å². The molecule has 2 rings (SSSR count). The van der Waals surface area contributed by atoms with Crippen molar-refractivity contribution in [1.29, 1.82) is 0 Å². The summed E-state index contributed by atoms with van der Waals surface area (Å²) >= 11 is 0. The molecular formula is C11H20N6O2. The molecule has 1 amide bonds. The molecule has 2 heterocycles. The van der Waals surface area contributed by atoms with Crippen LogP contribution in [0.3, 0.4) is 0 Å². The SMILES string of the molecule is COCCc1nnnn1CCC(=O)N1CCNCC1. The summed E-state index contributed by atoms with van der Waals surface area (Å²) in [6.07, 6.45) is 1.09. The van der Waals surface area contributed by atoms with E-state index in [0.717, 1.165) is 32.0 Å². The first-order valence-electron chi connectivity index (χ1n) is 6.53. The average molecular weight is 268 g/mol. The van der Waals surface area contributed by atoms with E-state index in [4.69, 9.17) is 4.74 Å². The summed E-state index contributed by atoms with van der Waals surface area (Å²) in [4.78, 5) is 13.9. The van der Waals surface area contributed by atoms with Crippen LogP contribution in [0.5, 0.6) is 0 Å². The van der Waals surface area contributed by atoms with Crippen LogP contribution in [-0.4, -0.2) is 70.9 Å². The molecule has 8 heteroatoms. The van der Waals surface area contributed by atoms with Crippen LogP contribution in [0.1, 0.15) is 12.2 Å². The summed E-state index contributed by atoms with van der Waals surface area (Å²) in [5, 5.41) is 14.7. The summed E-state index contributed by atoms with van der Waals surface area (Å²) in [5.41, 5.74) is 0. The largest absolute Gasteiger partial charge is 0.384 e. The summed E-state index contributed by atoms with van der Waals surface area (Å²) in [6, 6.07) is 0. The van der Waals surface area contributed by atoms with Crippen LogP contribution in [0.4, 0.5) is 0 Å². The molecule has 0 bridgehead atoms. The summed E-state index contributed by atoms with van der Waals surface area (Å²) in [6.45, 7) is 4.41. The molecule has 1 aromatic heterocycles. The molecule has 1 aliphatic rings. The van der Waals surface area contributed by atoms with Gasteiger partial charge in [0.1, 0.15) is 0 Å². The number of tetrazole rings is 1. The third-order valence-corrected chi connectivity index (χ3v) is 3.14. The first kappa shape index (κ1) is 13.9. The Kier molecular flexibility index (Phi) is 5.22. The Labute approximate surface area is 112 Å². The van der Waals surface area contributed by atoms with Gasteiger partial charge in [-0.2, -0.15) is 0 Å². The minimum Gasteiger partial charge on any atom is -0.384 e. The molecule has 106 valence electrons. The molecule has 0 radical (unpaired) electrons. The molecule has 0 unspecified atom stereocenters. The molecule has 0 atom stereocenters. The molecule has 19 heavy (non-hydrogen) atoms. The highest BCUT2D eigenvalue weighted by molar-refractivity contribution is 5.76. The van der Waals surface area contributed by atoms with E-state index in [1.165, 1.54) is 0 Å². The topological polar surface area (TPSA) is 85.2 Å². The van der Waals surface area contributed by atoms with Gasteiger partial charge in [-0.1, -0.05) is 0 Å². The number of hydrogen-bond donors (Lipinski definition) is 1. The first-order valence-corrected chi connectivity index (χ1v) is 6.53. The fourth-order valence-corrected chi connectivity index (χ4v) is 2.04. The number of nitrogens with zero attached hydrogens (tertiary/aromatic N) is 5. The molecule has 1 N–H and O–H groups in total. The summed E-state index contributed by atoms with van der Waals surface area (Å²) < 4.78 is 6.68. The lowest BCUT2D eigenvalue weighted by Gasteiger charge is -2.27. The van der Waals surface area contributed by atoms with Gasteiger partial charge in [0.15, 0.2) is 5.82 Å². The lowest BCUT2D eigenvalue weighted by atomic mass is 10.3. The Balaban J connectivity index is 1.81. The van der Waals surface area contributed by atoms with Crippen molar-refractivity contribution in [3.05, 3.63) is 5.82 Å². The predicted octanol–water partition coefficient (Wildman–Crippen LogP) is -1.32. The van der Waals surface area contributed by atoms with Gasteiger partial charge in [-0.15, -0.1) is 5.10 Å². The number of carbonyl (C=O) groups excluding carboxylic acids is 1. The zero-order valence-corrected chi connectivity index (χ0v) is 11.2. The number of amides is 1. The van der Waals surface area contributed by atoms with Crippen LogP contribution in [-0.2, 0) is 22.5 Å². The second kappa shape index (κ2) is 7.15. The highest BCUT2D eigenvalue weighted by atomic mass is 16.5. The van der Waals surface area contributed by atoms with Gasteiger partial charge in [-0.3, -0.25) is 4.79 Å². The van der Waals surface area contributed by atoms with Gasteiger partial charge in [0.05, 0.1) is 13.2 Å². The molecule has 0 aromatic carbocycles. The molecule has 1 fully saturated rings. The van der Waals surface area contributed by atoms with E-state index in [0.29, 0.717) is 26.0 Å². The second-order valence-electron chi connectivity index (χ2n) is 4.44. The lowest BCUT2D eigenvalue weighted by Crippen LogP contribution is -2.46. The smallest absolute Gasteiger partial charge is 0.224 e. The van der Waals surface area contributed by atoms with Crippen LogP contribution in [0.25, 0.3) is 0 Å². The number of ether oxygens (including phenoxy) is 1. The molecule has 1 aliphatic heterocycles. The van der Waals surface area contributed by atoms with Crippen molar-refractivity contribution in [3.63, 3.8) is 0 Å². The van der Waals surface area contributed by atoms with Crippen molar-refractivity contribution in [2.75, 3.05) is 39.9 Å². The number of hydrogen-bond acceptors (Lipinski definition) is 6. The number of rotatable bonds is 6. The highest BCUT2D eigenvalue weighted by Crippen LogP contribution is 2.01. The Bertz CT molecular complexity index is 402. The van der Waals surface area contributed by atoms with Gasteiger partial charge in [0.25, 0.3) is 0 Å². The summed E-state index contributed by atoms with van der Waals surface area (Å²) in [5.74, 6) is 0.921. The zero-order valence-electron chi connectivity index (χ0n) is 11.2. The molecule has 0 aliphatic carbocycles. The van der Waals surface area contributed by atoms with Crippen molar-refractivity contribution >= 4 is 5.91 Å². The Morgan fingerprint density at radius 3 is 2.95 bits per heavy atom. The van der Waals surface area contributed by atoms with Gasteiger partial charge < -0.3 is 15.0 Å². The van der Waals surface area contributed by atoms with E-state index >= 15 is 0 Å². The zero-order chi connectivity index (χ0) is 13.5. The maximum absolute atomic E-state index is 12.0. The van der Waals surface area contributed by atoms with Gasteiger partial charge in [-0.25, -0.2) is 4.68 Å². The quantitative estimate of drug-likeness (QED) is 0.689. The fraction of sp³-hybridized carbons (Fsp3) is 0.818. The molecule has 8 nitrogen and oxygen atoms in total. The lowest BCUT2D eigenvalue weighted by molar-refractivity contribution is -0.132. The van der Waals surface area contributed by atoms with Crippen LogP contribution < -0.4 is 5.32 Å². The molecule has 0 spiro atoms. The van der Waals surface area contributed by atoms with Crippen molar-refractivity contribution in [1.82, 2.24) is 30.4 Å². The van der Waals surface area contributed by atoms with E-state index < -0.39 is 0 Å². The monoisotopic (exact) mass is 268 g/mol. The number of piperazine rings is 1. The number of aryl methyl sites for hydroxylation is 1. The van der Waals surface area contributed by atoms with Gasteiger partial charge in [0.2, 0.25) is 5.91 Å². The molecule has 1 saturated heterocycles. The normalized spacial score (nSPS) is 15.7. The van der Waals surface area contributed by atoms with Gasteiger partial charge in [-0.05, 0) is 10.4 Å². The molecule has 0 saturated carbocycles. The third-order valence-electron chi connectivity index (χ3n) is 3.14. The minimum absolute atomic E-state index is 0.162. The first-order chi connectivity index (χ1) is 9.31. The highest BCUT2D eigenvalue weighted by Gasteiger charge is 2.16. The number of nitrogens with one attached hydrogen (secondary N) is 1. The van der Waals surface area contributed by atoms with Crippen LogP contribution in [0.15, 0.2) is 0 Å². The fourth-order valence-electron chi connectivity index (χ4n) is 2.04. The van der Waals surface area contributed by atoms with Crippen LogP contribution in [0, 0.1) is 0 Å². The summed E-state index contributed by atoms with van der Waals surface area (Å²) in [7, 11) is 1.64.